The van der Waals surface area contributed by atoms with Gasteiger partial charge in [0.25, 0.3) is 5.91 Å². The van der Waals surface area contributed by atoms with Gasteiger partial charge in [-0.15, -0.1) is 0 Å². The number of phenols is 1. The van der Waals surface area contributed by atoms with Crippen LogP contribution in [0.1, 0.15) is 22.3 Å². The Balaban J connectivity index is 1.49. The van der Waals surface area contributed by atoms with Crippen LogP contribution in [0, 0.1) is 0 Å². The maximum atomic E-state index is 12.3. The highest BCUT2D eigenvalue weighted by Gasteiger charge is 2.08. The normalized spacial score (nSPS) is 10.4. The van der Waals surface area contributed by atoms with E-state index < -0.39 is 0 Å². The zero-order valence-electron chi connectivity index (χ0n) is 15.3. The summed E-state index contributed by atoms with van der Waals surface area (Å²) in [6.45, 7) is 0.991. The van der Waals surface area contributed by atoms with Gasteiger partial charge in [-0.25, -0.2) is 4.98 Å². The lowest BCUT2D eigenvalue weighted by atomic mass is 10.1. The Bertz CT molecular complexity index is 938. The first-order chi connectivity index (χ1) is 13.6. The van der Waals surface area contributed by atoms with E-state index in [1.807, 2.05) is 10.6 Å². The van der Waals surface area contributed by atoms with Crippen molar-refractivity contribution in [1.82, 2.24) is 14.9 Å². The molecule has 2 aromatic carbocycles. The molecule has 0 saturated carbocycles. The van der Waals surface area contributed by atoms with Gasteiger partial charge >= 0.3 is 0 Å². The summed E-state index contributed by atoms with van der Waals surface area (Å²) in [5.41, 5.74) is 2.00. The molecule has 0 aliphatic rings. The molecule has 0 radical (unpaired) electrons. The third-order valence-corrected chi connectivity index (χ3v) is 4.17. The Kier molecular flexibility index (Phi) is 6.41. The van der Waals surface area contributed by atoms with Crippen molar-refractivity contribution >= 4 is 17.5 Å². The minimum absolute atomic E-state index is 0.129. The van der Waals surface area contributed by atoms with Gasteiger partial charge in [0.2, 0.25) is 5.91 Å². The van der Waals surface area contributed by atoms with E-state index in [0.29, 0.717) is 37.2 Å². The van der Waals surface area contributed by atoms with Gasteiger partial charge < -0.3 is 20.3 Å². The highest BCUT2D eigenvalue weighted by Crippen LogP contribution is 2.13. The first-order valence-corrected chi connectivity index (χ1v) is 9.02. The number of aryl methyl sites for hydroxylation is 1. The fraction of sp³-hybridized carbons (Fsp3) is 0.190. The number of aromatic hydroxyl groups is 1. The zero-order valence-corrected chi connectivity index (χ0v) is 15.3. The smallest absolute Gasteiger partial charge is 0.251 e. The molecule has 7 heteroatoms. The molecule has 2 amide bonds. The molecule has 0 spiro atoms. The second-order valence-corrected chi connectivity index (χ2v) is 6.36. The van der Waals surface area contributed by atoms with Gasteiger partial charge in [0, 0.05) is 43.2 Å². The van der Waals surface area contributed by atoms with Crippen molar-refractivity contribution in [3.05, 3.63) is 78.4 Å². The standard InChI is InChI=1S/C21H22N4O3/c26-19-6-1-3-16(13-19)7-9-23-21(28)17-4-2-5-18(14-17)24-20(27)8-11-25-12-10-22-15-25/h1-6,10,12-15,26H,7-9,11H2,(H,23,28)(H,24,27). The maximum absolute atomic E-state index is 12.3. The van der Waals surface area contributed by atoms with Crippen LogP contribution < -0.4 is 10.6 Å². The molecule has 0 fully saturated rings. The summed E-state index contributed by atoms with van der Waals surface area (Å²) < 4.78 is 1.83. The fourth-order valence-electron chi connectivity index (χ4n) is 2.75. The lowest BCUT2D eigenvalue weighted by Gasteiger charge is -2.09. The number of benzene rings is 2. The van der Waals surface area contributed by atoms with E-state index in [9.17, 15) is 14.7 Å². The average Bonchev–Trinajstić information content (AvgIpc) is 3.20. The Morgan fingerprint density at radius 2 is 1.96 bits per heavy atom. The molecule has 0 atom stereocenters. The summed E-state index contributed by atoms with van der Waals surface area (Å²) in [6, 6.07) is 13.8. The molecule has 144 valence electrons. The second-order valence-electron chi connectivity index (χ2n) is 6.36. The molecule has 3 aromatic rings. The Morgan fingerprint density at radius 3 is 2.75 bits per heavy atom. The van der Waals surface area contributed by atoms with Gasteiger partial charge in [0.1, 0.15) is 5.75 Å². The predicted molar refractivity (Wildman–Crippen MR) is 106 cm³/mol. The van der Waals surface area contributed by atoms with Crippen LogP contribution in [-0.4, -0.2) is 33.0 Å². The number of imidazole rings is 1. The molecule has 7 nitrogen and oxygen atoms in total. The van der Waals surface area contributed by atoms with Crippen molar-refractivity contribution in [1.29, 1.82) is 0 Å². The monoisotopic (exact) mass is 378 g/mol. The van der Waals surface area contributed by atoms with Crippen LogP contribution in [0.3, 0.4) is 0 Å². The molecule has 0 aliphatic heterocycles. The number of hydrogen-bond acceptors (Lipinski definition) is 4. The number of carbonyl (C=O) groups is 2. The molecular formula is C21H22N4O3. The van der Waals surface area contributed by atoms with Crippen molar-refractivity contribution in [2.24, 2.45) is 0 Å². The Morgan fingerprint density at radius 1 is 1.11 bits per heavy atom. The molecule has 1 heterocycles. The van der Waals surface area contributed by atoms with E-state index in [1.54, 1.807) is 61.2 Å². The van der Waals surface area contributed by atoms with E-state index in [2.05, 4.69) is 15.6 Å². The van der Waals surface area contributed by atoms with Crippen LogP contribution in [0.25, 0.3) is 0 Å². The van der Waals surface area contributed by atoms with Crippen molar-refractivity contribution in [2.75, 3.05) is 11.9 Å². The Labute approximate surface area is 163 Å². The van der Waals surface area contributed by atoms with Gasteiger partial charge in [-0.05, 0) is 42.3 Å². The number of carbonyl (C=O) groups excluding carboxylic acids is 2. The van der Waals surface area contributed by atoms with Gasteiger partial charge in [-0.2, -0.15) is 0 Å². The number of nitrogens with zero attached hydrogens (tertiary/aromatic N) is 2. The van der Waals surface area contributed by atoms with E-state index in [-0.39, 0.29) is 17.6 Å². The number of phenolic OH excluding ortho intramolecular Hbond substituents is 1. The highest BCUT2D eigenvalue weighted by molar-refractivity contribution is 5.97. The number of nitrogens with one attached hydrogen (secondary N) is 2. The lowest BCUT2D eigenvalue weighted by molar-refractivity contribution is -0.116. The Hall–Kier alpha value is -3.61. The average molecular weight is 378 g/mol. The summed E-state index contributed by atoms with van der Waals surface area (Å²) in [5.74, 6) is -0.134. The lowest BCUT2D eigenvalue weighted by Crippen LogP contribution is -2.25. The largest absolute Gasteiger partial charge is 0.508 e. The van der Waals surface area contributed by atoms with Crippen LogP contribution in [0.5, 0.6) is 5.75 Å². The minimum Gasteiger partial charge on any atom is -0.508 e. The first kappa shape index (κ1) is 19.2. The number of aromatic nitrogens is 2. The van der Waals surface area contributed by atoms with Gasteiger partial charge in [0.15, 0.2) is 0 Å². The number of anilines is 1. The third kappa shape index (κ3) is 5.70. The van der Waals surface area contributed by atoms with Crippen LogP contribution in [-0.2, 0) is 17.8 Å². The van der Waals surface area contributed by atoms with Crippen LogP contribution in [0.15, 0.2) is 67.3 Å². The van der Waals surface area contributed by atoms with E-state index >= 15 is 0 Å². The number of rotatable bonds is 8. The molecule has 0 bridgehead atoms. The molecule has 3 rings (SSSR count). The molecular weight excluding hydrogens is 356 g/mol. The zero-order chi connectivity index (χ0) is 19.8. The summed E-state index contributed by atoms with van der Waals surface area (Å²) in [4.78, 5) is 28.4. The van der Waals surface area contributed by atoms with Crippen LogP contribution in [0.2, 0.25) is 0 Å². The van der Waals surface area contributed by atoms with Gasteiger partial charge in [-0.3, -0.25) is 9.59 Å². The second kappa shape index (κ2) is 9.36. The molecule has 0 saturated heterocycles. The van der Waals surface area contributed by atoms with Crippen molar-refractivity contribution in [3.63, 3.8) is 0 Å². The molecule has 28 heavy (non-hydrogen) atoms. The van der Waals surface area contributed by atoms with Gasteiger partial charge in [-0.1, -0.05) is 18.2 Å². The van der Waals surface area contributed by atoms with Crippen molar-refractivity contribution in [2.45, 2.75) is 19.4 Å². The van der Waals surface area contributed by atoms with Crippen molar-refractivity contribution < 1.29 is 14.7 Å². The van der Waals surface area contributed by atoms with Crippen LogP contribution >= 0.6 is 0 Å². The minimum atomic E-state index is -0.213. The highest BCUT2D eigenvalue weighted by atomic mass is 16.3. The predicted octanol–water partition coefficient (Wildman–Crippen LogP) is 2.59. The van der Waals surface area contributed by atoms with Crippen molar-refractivity contribution in [3.8, 4) is 5.75 Å². The SMILES string of the molecule is O=C(CCn1ccnc1)Nc1cccc(C(=O)NCCc2cccc(O)c2)c1. The first-order valence-electron chi connectivity index (χ1n) is 9.02. The van der Waals surface area contributed by atoms with E-state index in [4.69, 9.17) is 0 Å². The summed E-state index contributed by atoms with van der Waals surface area (Å²) >= 11 is 0. The molecule has 3 N–H and O–H groups in total. The number of amides is 2. The fourth-order valence-corrected chi connectivity index (χ4v) is 2.75. The van der Waals surface area contributed by atoms with Gasteiger partial charge in [0.05, 0.1) is 6.33 Å². The van der Waals surface area contributed by atoms with Crippen LogP contribution in [0.4, 0.5) is 5.69 Å². The summed E-state index contributed by atoms with van der Waals surface area (Å²) in [5, 5.41) is 15.1. The quantitative estimate of drug-likeness (QED) is 0.561. The topological polar surface area (TPSA) is 96.2 Å². The maximum Gasteiger partial charge on any atom is 0.251 e. The summed E-state index contributed by atoms with van der Waals surface area (Å²) in [6.07, 6.45) is 6.06. The molecule has 0 unspecified atom stereocenters. The van der Waals surface area contributed by atoms with E-state index in [0.717, 1.165) is 5.56 Å². The molecule has 0 aliphatic carbocycles. The number of hydrogen-bond donors (Lipinski definition) is 3. The van der Waals surface area contributed by atoms with E-state index in [1.165, 1.54) is 0 Å². The summed E-state index contributed by atoms with van der Waals surface area (Å²) in [7, 11) is 0. The third-order valence-electron chi connectivity index (χ3n) is 4.17. The molecule has 1 aromatic heterocycles.